The van der Waals surface area contributed by atoms with Crippen LogP contribution in [0.25, 0.3) is 0 Å². The molecule has 0 saturated carbocycles. The van der Waals surface area contributed by atoms with Crippen LogP contribution in [0.2, 0.25) is 0 Å². The molecule has 0 aromatic carbocycles. The lowest BCUT2D eigenvalue weighted by Gasteiger charge is -2.35. The van der Waals surface area contributed by atoms with Crippen LogP contribution >= 0.6 is 0 Å². The molecule has 20 heavy (non-hydrogen) atoms. The smallest absolute Gasteiger partial charge is 0.245 e. The van der Waals surface area contributed by atoms with Crippen LogP contribution in [-0.4, -0.2) is 54.3 Å². The largest absolute Gasteiger partial charge is 0.368 e. The van der Waals surface area contributed by atoms with E-state index in [9.17, 15) is 9.59 Å². The van der Waals surface area contributed by atoms with Crippen molar-refractivity contribution in [1.82, 2.24) is 10.2 Å². The van der Waals surface area contributed by atoms with Crippen LogP contribution < -0.4 is 16.8 Å². The van der Waals surface area contributed by atoms with Crippen LogP contribution in [0.1, 0.15) is 26.2 Å². The van der Waals surface area contributed by atoms with E-state index in [4.69, 9.17) is 11.5 Å². The molecule has 0 aromatic heterocycles. The van der Waals surface area contributed by atoms with Crippen LogP contribution in [0.4, 0.5) is 0 Å². The van der Waals surface area contributed by atoms with Crippen LogP contribution in [0.3, 0.4) is 0 Å². The van der Waals surface area contributed by atoms with Gasteiger partial charge in [0.25, 0.3) is 0 Å². The topological polar surface area (TPSA) is 114 Å². The second kappa shape index (κ2) is 5.78. The van der Waals surface area contributed by atoms with E-state index in [-0.39, 0.29) is 0 Å². The summed E-state index contributed by atoms with van der Waals surface area (Å²) in [7, 11) is 0. The molecule has 2 unspecified atom stereocenters. The third-order valence-corrected chi connectivity index (χ3v) is 4.42. The normalized spacial score (nSPS) is 31.1. The van der Waals surface area contributed by atoms with Gasteiger partial charge in [-0.1, -0.05) is 6.92 Å². The Hall–Kier alpha value is -1.63. The Labute approximate surface area is 118 Å². The van der Waals surface area contributed by atoms with Crippen molar-refractivity contribution in [3.05, 3.63) is 0 Å². The highest BCUT2D eigenvalue weighted by molar-refractivity contribution is 5.98. The number of nitrogens with zero attached hydrogens (tertiary/aromatic N) is 2. The van der Waals surface area contributed by atoms with Crippen LogP contribution in [-0.2, 0) is 9.59 Å². The monoisotopic (exact) mass is 281 g/mol. The Morgan fingerprint density at radius 3 is 2.60 bits per heavy atom. The standard InChI is InChI=1S/C13H23N5O2/c1-9-2-5-18(6-3-9)7-4-13(12(15)20)10(11(14)19)16-8-17-13/h8-10H,2-7H2,1H3,(H2,14,19)(H2,15,20)(H,16,17). The van der Waals surface area contributed by atoms with Gasteiger partial charge >= 0.3 is 0 Å². The van der Waals surface area contributed by atoms with Crippen molar-refractivity contribution in [2.45, 2.75) is 37.8 Å². The summed E-state index contributed by atoms with van der Waals surface area (Å²) in [5.74, 6) is -0.454. The molecule has 1 fully saturated rings. The first-order valence-electron chi connectivity index (χ1n) is 7.06. The SMILES string of the molecule is CC1CCN(CCC2(C(N)=O)NC=NC2C(N)=O)CC1. The van der Waals surface area contributed by atoms with Crippen molar-refractivity contribution in [2.75, 3.05) is 19.6 Å². The third-order valence-electron chi connectivity index (χ3n) is 4.42. The molecule has 2 aliphatic rings. The molecule has 0 aliphatic carbocycles. The van der Waals surface area contributed by atoms with Gasteiger partial charge in [-0.05, 0) is 38.3 Å². The Balaban J connectivity index is 2.00. The maximum Gasteiger partial charge on any atom is 0.245 e. The Bertz CT molecular complexity index is 417. The van der Waals surface area contributed by atoms with E-state index in [0.717, 1.165) is 31.8 Å². The molecule has 0 spiro atoms. The first-order valence-corrected chi connectivity index (χ1v) is 7.06. The zero-order valence-corrected chi connectivity index (χ0v) is 11.8. The lowest BCUT2D eigenvalue weighted by molar-refractivity contribution is -0.130. The Kier molecular flexibility index (Phi) is 4.27. The molecule has 2 aliphatic heterocycles. The fraction of sp³-hybridized carbons (Fsp3) is 0.769. The molecule has 7 heteroatoms. The zero-order chi connectivity index (χ0) is 14.8. The van der Waals surface area contributed by atoms with E-state index in [1.54, 1.807) is 0 Å². The predicted octanol–water partition coefficient (Wildman–Crippen LogP) is -1.18. The third kappa shape index (κ3) is 2.77. The van der Waals surface area contributed by atoms with E-state index in [1.807, 2.05) is 0 Å². The summed E-state index contributed by atoms with van der Waals surface area (Å²) in [5, 5.41) is 2.86. The van der Waals surface area contributed by atoms with E-state index in [1.165, 1.54) is 6.34 Å². The average Bonchev–Trinajstić information content (AvgIpc) is 2.83. The molecule has 5 N–H and O–H groups in total. The van der Waals surface area contributed by atoms with E-state index in [0.29, 0.717) is 13.0 Å². The van der Waals surface area contributed by atoms with Gasteiger partial charge in [0.2, 0.25) is 11.8 Å². The van der Waals surface area contributed by atoms with Gasteiger partial charge in [-0.15, -0.1) is 0 Å². The van der Waals surface area contributed by atoms with Crippen LogP contribution in [0.15, 0.2) is 4.99 Å². The summed E-state index contributed by atoms with van der Waals surface area (Å²) in [6, 6.07) is -0.913. The highest BCUT2D eigenvalue weighted by Gasteiger charge is 2.49. The molecule has 0 bridgehead atoms. The maximum absolute atomic E-state index is 11.8. The van der Waals surface area contributed by atoms with Crippen molar-refractivity contribution in [2.24, 2.45) is 22.4 Å². The summed E-state index contributed by atoms with van der Waals surface area (Å²) < 4.78 is 0. The summed E-state index contributed by atoms with van der Waals surface area (Å²) >= 11 is 0. The summed E-state index contributed by atoms with van der Waals surface area (Å²) in [4.78, 5) is 29.5. The Morgan fingerprint density at radius 1 is 1.40 bits per heavy atom. The van der Waals surface area contributed by atoms with Crippen molar-refractivity contribution in [3.8, 4) is 0 Å². The number of aliphatic imine (C=N–C) groups is 1. The van der Waals surface area contributed by atoms with Gasteiger partial charge in [-0.3, -0.25) is 14.6 Å². The van der Waals surface area contributed by atoms with Crippen molar-refractivity contribution < 1.29 is 9.59 Å². The minimum Gasteiger partial charge on any atom is -0.368 e. The number of hydrogen-bond acceptors (Lipinski definition) is 5. The number of carbonyl (C=O) groups is 2. The number of likely N-dealkylation sites (tertiary alicyclic amines) is 1. The molecule has 7 nitrogen and oxygen atoms in total. The molecule has 0 radical (unpaired) electrons. The quantitative estimate of drug-likeness (QED) is 0.588. The fourth-order valence-corrected chi connectivity index (χ4v) is 2.91. The van der Waals surface area contributed by atoms with Gasteiger partial charge in [0.05, 0.1) is 6.34 Å². The fourth-order valence-electron chi connectivity index (χ4n) is 2.91. The second-order valence-corrected chi connectivity index (χ2v) is 5.84. The number of nitrogens with one attached hydrogen (secondary N) is 1. The first kappa shape index (κ1) is 14.8. The first-order chi connectivity index (χ1) is 9.45. The summed E-state index contributed by atoms with van der Waals surface area (Å²) in [6.45, 7) is 4.98. The zero-order valence-electron chi connectivity index (χ0n) is 11.8. The van der Waals surface area contributed by atoms with Crippen molar-refractivity contribution >= 4 is 18.2 Å². The van der Waals surface area contributed by atoms with Gasteiger partial charge in [0.1, 0.15) is 5.54 Å². The molecular formula is C13H23N5O2. The van der Waals surface area contributed by atoms with E-state index in [2.05, 4.69) is 22.1 Å². The van der Waals surface area contributed by atoms with Gasteiger partial charge in [-0.25, -0.2) is 0 Å². The van der Waals surface area contributed by atoms with Crippen LogP contribution in [0.5, 0.6) is 0 Å². The molecular weight excluding hydrogens is 258 g/mol. The van der Waals surface area contributed by atoms with Gasteiger partial charge in [-0.2, -0.15) is 0 Å². The average molecular weight is 281 g/mol. The van der Waals surface area contributed by atoms with E-state index >= 15 is 0 Å². The second-order valence-electron chi connectivity index (χ2n) is 5.84. The number of piperidine rings is 1. The lowest BCUT2D eigenvalue weighted by Crippen LogP contribution is -2.63. The number of nitrogens with two attached hydrogens (primary N) is 2. The lowest BCUT2D eigenvalue weighted by atomic mass is 9.86. The summed E-state index contributed by atoms with van der Waals surface area (Å²) in [6.07, 6.45) is 4.11. The van der Waals surface area contributed by atoms with Crippen LogP contribution in [0, 0.1) is 5.92 Å². The highest BCUT2D eigenvalue weighted by atomic mass is 16.2. The molecule has 1 saturated heterocycles. The van der Waals surface area contributed by atoms with Gasteiger partial charge in [0.15, 0.2) is 6.04 Å². The Morgan fingerprint density at radius 2 is 2.05 bits per heavy atom. The molecule has 112 valence electrons. The van der Waals surface area contributed by atoms with Gasteiger partial charge in [0, 0.05) is 6.54 Å². The van der Waals surface area contributed by atoms with E-state index < -0.39 is 23.4 Å². The summed E-state index contributed by atoms with van der Waals surface area (Å²) in [5.41, 5.74) is 9.64. The van der Waals surface area contributed by atoms with Crippen molar-refractivity contribution in [3.63, 3.8) is 0 Å². The minimum atomic E-state index is -1.17. The number of primary amides is 2. The highest BCUT2D eigenvalue weighted by Crippen LogP contribution is 2.24. The maximum atomic E-state index is 11.8. The van der Waals surface area contributed by atoms with Gasteiger partial charge < -0.3 is 21.7 Å². The number of amides is 2. The minimum absolute atomic E-state index is 0.435. The molecule has 2 atom stereocenters. The number of hydrogen-bond donors (Lipinski definition) is 3. The number of carbonyl (C=O) groups excluding carboxylic acids is 2. The molecule has 2 rings (SSSR count). The molecule has 0 aromatic rings. The molecule has 2 heterocycles. The molecule has 2 amide bonds. The number of rotatable bonds is 5. The van der Waals surface area contributed by atoms with Crippen molar-refractivity contribution in [1.29, 1.82) is 0 Å². The predicted molar refractivity (Wildman–Crippen MR) is 76.0 cm³/mol.